The van der Waals surface area contributed by atoms with Crippen LogP contribution in [-0.4, -0.2) is 67.3 Å². The van der Waals surface area contributed by atoms with Crippen LogP contribution in [0, 0.1) is 0 Å². The molecule has 2 aliphatic rings. The molecule has 1 N–H and O–H groups in total. The van der Waals surface area contributed by atoms with Crippen LogP contribution in [0.25, 0.3) is 0 Å². The third kappa shape index (κ3) is 4.68. The van der Waals surface area contributed by atoms with Crippen molar-refractivity contribution in [3.63, 3.8) is 0 Å². The molecule has 0 saturated carbocycles. The van der Waals surface area contributed by atoms with Gasteiger partial charge in [-0.15, -0.1) is 11.3 Å². The van der Waals surface area contributed by atoms with E-state index in [9.17, 15) is 4.79 Å². The molecule has 0 bridgehead atoms. The van der Waals surface area contributed by atoms with Crippen molar-refractivity contribution in [2.75, 3.05) is 39.4 Å². The summed E-state index contributed by atoms with van der Waals surface area (Å²) >= 11 is 1.75. The van der Waals surface area contributed by atoms with Crippen LogP contribution in [0.2, 0.25) is 0 Å². The topological polar surface area (TPSA) is 44.8 Å². The van der Waals surface area contributed by atoms with E-state index < -0.39 is 0 Å². The van der Waals surface area contributed by atoms with Crippen molar-refractivity contribution in [1.29, 1.82) is 0 Å². The lowest BCUT2D eigenvalue weighted by molar-refractivity contribution is 0.0291. The minimum Gasteiger partial charge on any atom is -0.379 e. The van der Waals surface area contributed by atoms with Crippen molar-refractivity contribution in [3.8, 4) is 0 Å². The van der Waals surface area contributed by atoms with Crippen LogP contribution in [-0.2, 0) is 11.2 Å². The van der Waals surface area contributed by atoms with E-state index in [1.807, 2.05) is 4.90 Å². The van der Waals surface area contributed by atoms with E-state index in [4.69, 9.17) is 4.74 Å². The summed E-state index contributed by atoms with van der Waals surface area (Å²) in [6.45, 7) is 7.56. The Morgan fingerprint density at radius 1 is 1.43 bits per heavy atom. The zero-order valence-corrected chi connectivity index (χ0v) is 14.7. The monoisotopic (exact) mass is 337 g/mol. The van der Waals surface area contributed by atoms with Crippen LogP contribution in [0.1, 0.15) is 24.6 Å². The number of likely N-dealkylation sites (tertiary alicyclic amines) is 1. The summed E-state index contributed by atoms with van der Waals surface area (Å²) in [6, 6.07) is 4.82. The highest BCUT2D eigenvalue weighted by atomic mass is 32.1. The Morgan fingerprint density at radius 3 is 3.00 bits per heavy atom. The molecule has 0 aliphatic carbocycles. The van der Waals surface area contributed by atoms with Gasteiger partial charge in [0.25, 0.3) is 0 Å². The Hall–Kier alpha value is -1.11. The van der Waals surface area contributed by atoms with Gasteiger partial charge in [0.1, 0.15) is 0 Å². The molecule has 2 atom stereocenters. The normalized spacial score (nSPS) is 23.9. The van der Waals surface area contributed by atoms with Crippen molar-refractivity contribution < 1.29 is 9.53 Å². The quantitative estimate of drug-likeness (QED) is 0.896. The number of ether oxygens (including phenoxy) is 1. The van der Waals surface area contributed by atoms with Crippen molar-refractivity contribution >= 4 is 17.4 Å². The van der Waals surface area contributed by atoms with Crippen LogP contribution in [0.4, 0.5) is 4.79 Å². The first kappa shape index (κ1) is 16.7. The maximum absolute atomic E-state index is 12.6. The van der Waals surface area contributed by atoms with Gasteiger partial charge in [0.05, 0.1) is 13.2 Å². The number of amides is 2. The van der Waals surface area contributed by atoms with Gasteiger partial charge in [0.15, 0.2) is 0 Å². The molecule has 2 amide bonds. The predicted molar refractivity (Wildman–Crippen MR) is 93.0 cm³/mol. The number of carbonyl (C=O) groups is 1. The third-order valence-electron chi connectivity index (χ3n) is 4.67. The maximum Gasteiger partial charge on any atom is 0.317 e. The summed E-state index contributed by atoms with van der Waals surface area (Å²) in [5.74, 6) is 0. The Labute approximate surface area is 142 Å². The molecule has 3 heterocycles. The molecule has 2 unspecified atom stereocenters. The molecule has 5 nitrogen and oxygen atoms in total. The third-order valence-corrected chi connectivity index (χ3v) is 5.57. The molecule has 23 heavy (non-hydrogen) atoms. The summed E-state index contributed by atoms with van der Waals surface area (Å²) in [7, 11) is 0. The highest BCUT2D eigenvalue weighted by Gasteiger charge is 2.31. The van der Waals surface area contributed by atoms with Crippen LogP contribution in [0.3, 0.4) is 0 Å². The van der Waals surface area contributed by atoms with E-state index in [2.05, 4.69) is 34.7 Å². The van der Waals surface area contributed by atoms with Crippen molar-refractivity contribution in [2.24, 2.45) is 0 Å². The maximum atomic E-state index is 12.6. The smallest absolute Gasteiger partial charge is 0.317 e. The summed E-state index contributed by atoms with van der Waals surface area (Å²) in [6.07, 6.45) is 3.14. The highest BCUT2D eigenvalue weighted by molar-refractivity contribution is 7.09. The molecule has 0 radical (unpaired) electrons. The molecule has 1 aromatic heterocycles. The Morgan fingerprint density at radius 2 is 2.26 bits per heavy atom. The summed E-state index contributed by atoms with van der Waals surface area (Å²) < 4.78 is 5.41. The Balaban J connectivity index is 1.48. The average molecular weight is 337 g/mol. The van der Waals surface area contributed by atoms with Gasteiger partial charge in [0, 0.05) is 49.6 Å². The minimum absolute atomic E-state index is 0.102. The Kier molecular flexibility index (Phi) is 5.91. The minimum atomic E-state index is 0.102. The molecular weight excluding hydrogens is 310 g/mol. The zero-order chi connectivity index (χ0) is 16.1. The van der Waals surface area contributed by atoms with Crippen LogP contribution >= 0.6 is 11.3 Å². The first-order chi connectivity index (χ1) is 11.2. The Bertz CT molecular complexity index is 488. The van der Waals surface area contributed by atoms with Crippen molar-refractivity contribution in [3.05, 3.63) is 22.4 Å². The van der Waals surface area contributed by atoms with E-state index in [0.29, 0.717) is 6.04 Å². The van der Waals surface area contributed by atoms with Gasteiger partial charge < -0.3 is 15.0 Å². The van der Waals surface area contributed by atoms with Gasteiger partial charge in [0.2, 0.25) is 0 Å². The lowest BCUT2D eigenvalue weighted by Crippen LogP contribution is -2.51. The van der Waals surface area contributed by atoms with Gasteiger partial charge >= 0.3 is 6.03 Å². The molecule has 0 aromatic carbocycles. The van der Waals surface area contributed by atoms with E-state index in [1.54, 1.807) is 11.3 Å². The SMILES string of the molecule is CC(Cc1cccs1)NC(=O)N1CCCC1CN1CCOCC1. The second kappa shape index (κ2) is 8.13. The lowest BCUT2D eigenvalue weighted by atomic mass is 10.2. The predicted octanol–water partition coefficient (Wildman–Crippen LogP) is 2.19. The van der Waals surface area contributed by atoms with Crippen molar-refractivity contribution in [2.45, 2.75) is 38.3 Å². The molecule has 6 heteroatoms. The number of urea groups is 1. The number of rotatable bonds is 5. The number of hydrogen-bond donors (Lipinski definition) is 1. The van der Waals surface area contributed by atoms with E-state index in [0.717, 1.165) is 58.7 Å². The second-order valence-electron chi connectivity index (χ2n) is 6.54. The fourth-order valence-corrected chi connectivity index (χ4v) is 4.29. The number of nitrogens with zero attached hydrogens (tertiary/aromatic N) is 2. The van der Waals surface area contributed by atoms with Gasteiger partial charge in [-0.3, -0.25) is 4.90 Å². The summed E-state index contributed by atoms with van der Waals surface area (Å²) in [4.78, 5) is 18.4. The van der Waals surface area contributed by atoms with Gasteiger partial charge in [-0.25, -0.2) is 4.79 Å². The second-order valence-corrected chi connectivity index (χ2v) is 7.57. The first-order valence-corrected chi connectivity index (χ1v) is 9.50. The molecule has 2 aliphatic heterocycles. The van der Waals surface area contributed by atoms with Gasteiger partial charge in [-0.1, -0.05) is 6.07 Å². The van der Waals surface area contributed by atoms with Crippen LogP contribution in [0.5, 0.6) is 0 Å². The molecule has 2 fully saturated rings. The van der Waals surface area contributed by atoms with Gasteiger partial charge in [-0.05, 0) is 31.2 Å². The molecule has 3 rings (SSSR count). The standard InChI is InChI=1S/C17H27N3O2S/c1-14(12-16-5-3-11-23-16)18-17(21)20-6-2-4-15(20)13-19-7-9-22-10-8-19/h3,5,11,14-15H,2,4,6-10,12-13H2,1H3,(H,18,21). The molecule has 2 saturated heterocycles. The highest BCUT2D eigenvalue weighted by Crippen LogP contribution is 2.19. The number of hydrogen-bond acceptors (Lipinski definition) is 4. The number of carbonyl (C=O) groups excluding carboxylic acids is 1. The average Bonchev–Trinajstić information content (AvgIpc) is 3.20. The fraction of sp³-hybridized carbons (Fsp3) is 0.706. The largest absolute Gasteiger partial charge is 0.379 e. The van der Waals surface area contributed by atoms with E-state index >= 15 is 0 Å². The number of thiophene rings is 1. The molecule has 1 aromatic rings. The first-order valence-electron chi connectivity index (χ1n) is 8.62. The van der Waals surface area contributed by atoms with E-state index in [-0.39, 0.29) is 12.1 Å². The number of morpholine rings is 1. The van der Waals surface area contributed by atoms with Crippen LogP contribution in [0.15, 0.2) is 17.5 Å². The molecule has 128 valence electrons. The van der Waals surface area contributed by atoms with E-state index in [1.165, 1.54) is 4.88 Å². The molecule has 0 spiro atoms. The summed E-state index contributed by atoms with van der Waals surface area (Å²) in [5.41, 5.74) is 0. The number of nitrogens with one attached hydrogen (secondary N) is 1. The summed E-state index contributed by atoms with van der Waals surface area (Å²) in [5, 5.41) is 5.26. The van der Waals surface area contributed by atoms with Gasteiger partial charge in [-0.2, -0.15) is 0 Å². The van der Waals surface area contributed by atoms with Crippen molar-refractivity contribution in [1.82, 2.24) is 15.1 Å². The lowest BCUT2D eigenvalue weighted by Gasteiger charge is -2.33. The fourth-order valence-electron chi connectivity index (χ4n) is 3.45. The zero-order valence-electron chi connectivity index (χ0n) is 13.9. The van der Waals surface area contributed by atoms with Crippen LogP contribution < -0.4 is 5.32 Å². The molecular formula is C17H27N3O2S.